The molecule has 1 amide bonds. The second kappa shape index (κ2) is 12.9. The number of benzene rings is 4. The Morgan fingerprint density at radius 3 is 2.07 bits per heavy atom. The summed E-state index contributed by atoms with van der Waals surface area (Å²) in [5.41, 5.74) is 2.39. The Kier molecular flexibility index (Phi) is 9.53. The van der Waals surface area contributed by atoms with Crippen LogP contribution in [0.15, 0.2) is 94.7 Å². The van der Waals surface area contributed by atoms with Crippen molar-refractivity contribution >= 4 is 54.6 Å². The lowest BCUT2D eigenvalue weighted by molar-refractivity contribution is -0.114. The molecule has 0 spiro atoms. The summed E-state index contributed by atoms with van der Waals surface area (Å²) < 4.78 is 67.4. The van der Waals surface area contributed by atoms with Crippen molar-refractivity contribution in [3.63, 3.8) is 0 Å². The fourth-order valence-electron chi connectivity index (χ4n) is 4.10. The van der Waals surface area contributed by atoms with Crippen molar-refractivity contribution in [3.8, 4) is 11.5 Å². The average Bonchev–Trinajstić information content (AvgIpc) is 2.98. The number of hydrogen-bond donors (Lipinski definition) is 2. The van der Waals surface area contributed by atoms with Crippen LogP contribution in [0.25, 0.3) is 0 Å². The number of sulfonamides is 2. The van der Waals surface area contributed by atoms with Crippen LogP contribution in [0.4, 0.5) is 17.1 Å². The molecule has 0 aliphatic rings. The molecule has 4 aromatic rings. The van der Waals surface area contributed by atoms with Crippen molar-refractivity contribution in [3.05, 3.63) is 101 Å². The van der Waals surface area contributed by atoms with Gasteiger partial charge in [0.15, 0.2) is 11.5 Å². The van der Waals surface area contributed by atoms with Gasteiger partial charge in [-0.3, -0.25) is 13.8 Å². The van der Waals surface area contributed by atoms with Gasteiger partial charge in [0.2, 0.25) is 5.91 Å². The van der Waals surface area contributed by atoms with Crippen LogP contribution in [0, 0.1) is 13.8 Å². The van der Waals surface area contributed by atoms with Crippen molar-refractivity contribution in [1.29, 1.82) is 0 Å². The third-order valence-electron chi connectivity index (χ3n) is 6.51. The highest BCUT2D eigenvalue weighted by atomic mass is 35.5. The van der Waals surface area contributed by atoms with Gasteiger partial charge in [0.05, 0.1) is 35.4 Å². The van der Waals surface area contributed by atoms with E-state index in [9.17, 15) is 21.6 Å². The largest absolute Gasteiger partial charge is 0.493 e. The number of hydrogen-bond acceptors (Lipinski definition) is 7. The van der Waals surface area contributed by atoms with Crippen LogP contribution < -0.4 is 23.8 Å². The molecule has 2 N–H and O–H groups in total. The highest BCUT2D eigenvalue weighted by Crippen LogP contribution is 2.32. The molecule has 0 unspecified atom stereocenters. The van der Waals surface area contributed by atoms with Gasteiger partial charge in [-0.25, -0.2) is 16.8 Å². The Morgan fingerprint density at radius 2 is 1.44 bits per heavy atom. The van der Waals surface area contributed by atoms with Gasteiger partial charge in [-0.15, -0.1) is 0 Å². The average molecular weight is 644 g/mol. The standard InChI is InChI=1S/C30H30ClN3O7S2/c1-20-8-12-23(13-9-20)34(43(38,39)25-16-17-28(40-3)29(18-25)41-4)19-30(35)32-22-10-14-24(15-11-22)42(36,37)33-27-7-5-6-26(31)21(27)2/h5-18,33H,19H2,1-4H3,(H,32,35). The number of carbonyl (C=O) groups excluding carboxylic acids is 1. The maximum absolute atomic E-state index is 13.8. The molecule has 0 aromatic heterocycles. The number of methoxy groups -OCH3 is 2. The first-order chi connectivity index (χ1) is 20.3. The third-order valence-corrected chi connectivity index (χ3v) is 10.1. The second-order valence-electron chi connectivity index (χ2n) is 9.45. The van der Waals surface area contributed by atoms with Crippen molar-refractivity contribution in [2.45, 2.75) is 23.6 Å². The van der Waals surface area contributed by atoms with Crippen LogP contribution in [0.1, 0.15) is 11.1 Å². The van der Waals surface area contributed by atoms with Crippen LogP contribution in [0.2, 0.25) is 5.02 Å². The molecule has 0 bridgehead atoms. The fraction of sp³-hybridized carbons (Fsp3) is 0.167. The molecule has 0 aliphatic carbocycles. The van der Waals surface area contributed by atoms with E-state index in [0.717, 1.165) is 9.87 Å². The minimum absolute atomic E-state index is 0.0396. The number of halogens is 1. The molecule has 43 heavy (non-hydrogen) atoms. The van der Waals surface area contributed by atoms with E-state index in [1.807, 2.05) is 6.92 Å². The van der Waals surface area contributed by atoms with Crippen LogP contribution in [0.3, 0.4) is 0 Å². The number of nitrogens with one attached hydrogen (secondary N) is 2. The molecule has 10 nitrogen and oxygen atoms in total. The van der Waals surface area contributed by atoms with Gasteiger partial charge >= 0.3 is 0 Å². The molecule has 0 heterocycles. The number of nitrogens with zero attached hydrogens (tertiary/aromatic N) is 1. The van der Waals surface area contributed by atoms with Gasteiger partial charge in [0, 0.05) is 16.8 Å². The number of aryl methyl sites for hydroxylation is 1. The van der Waals surface area contributed by atoms with Crippen LogP contribution in [-0.2, 0) is 24.8 Å². The fourth-order valence-corrected chi connectivity index (χ4v) is 6.83. The molecular formula is C30H30ClN3O7S2. The quantitative estimate of drug-likeness (QED) is 0.217. The van der Waals surface area contributed by atoms with Crippen molar-refractivity contribution in [2.75, 3.05) is 35.1 Å². The minimum Gasteiger partial charge on any atom is -0.493 e. The lowest BCUT2D eigenvalue weighted by atomic mass is 10.2. The molecule has 226 valence electrons. The molecule has 0 saturated heterocycles. The maximum Gasteiger partial charge on any atom is 0.264 e. The van der Waals surface area contributed by atoms with Crippen LogP contribution >= 0.6 is 11.6 Å². The van der Waals surface area contributed by atoms with Gasteiger partial charge in [-0.2, -0.15) is 0 Å². The maximum atomic E-state index is 13.8. The predicted molar refractivity (Wildman–Crippen MR) is 167 cm³/mol. The minimum atomic E-state index is -4.23. The van der Waals surface area contributed by atoms with E-state index in [-0.39, 0.29) is 26.9 Å². The summed E-state index contributed by atoms with van der Waals surface area (Å²) in [6, 6.07) is 21.2. The van der Waals surface area contributed by atoms with E-state index < -0.39 is 32.5 Å². The molecular weight excluding hydrogens is 614 g/mol. The van der Waals surface area contributed by atoms with E-state index >= 15 is 0 Å². The molecule has 0 radical (unpaired) electrons. The Morgan fingerprint density at radius 1 is 0.814 bits per heavy atom. The Labute approximate surface area is 256 Å². The Balaban J connectivity index is 1.56. The highest BCUT2D eigenvalue weighted by molar-refractivity contribution is 7.93. The first-order valence-electron chi connectivity index (χ1n) is 12.8. The van der Waals surface area contributed by atoms with E-state index in [0.29, 0.717) is 22.0 Å². The number of rotatable bonds is 11. The summed E-state index contributed by atoms with van der Waals surface area (Å²) in [6.45, 7) is 3.00. The normalized spacial score (nSPS) is 11.5. The van der Waals surface area contributed by atoms with Crippen molar-refractivity contribution in [2.24, 2.45) is 0 Å². The summed E-state index contributed by atoms with van der Waals surface area (Å²) in [7, 11) is -5.35. The first kappa shape index (κ1) is 31.7. The number of ether oxygens (including phenoxy) is 2. The smallest absolute Gasteiger partial charge is 0.264 e. The first-order valence-corrected chi connectivity index (χ1v) is 16.1. The molecule has 0 saturated carbocycles. The summed E-state index contributed by atoms with van der Waals surface area (Å²) in [4.78, 5) is 13.0. The topological polar surface area (TPSA) is 131 Å². The highest BCUT2D eigenvalue weighted by Gasteiger charge is 2.28. The third kappa shape index (κ3) is 7.22. The van der Waals surface area contributed by atoms with Crippen molar-refractivity contribution in [1.82, 2.24) is 0 Å². The number of amides is 1. The monoisotopic (exact) mass is 643 g/mol. The molecule has 0 fully saturated rings. The van der Waals surface area contributed by atoms with Crippen LogP contribution in [0.5, 0.6) is 11.5 Å². The summed E-state index contributed by atoms with van der Waals surface area (Å²) in [5, 5.41) is 3.06. The lowest BCUT2D eigenvalue weighted by Crippen LogP contribution is -2.38. The number of carbonyl (C=O) groups is 1. The zero-order chi connectivity index (χ0) is 31.4. The van der Waals surface area contributed by atoms with E-state index in [4.69, 9.17) is 21.1 Å². The number of anilines is 3. The van der Waals surface area contributed by atoms with Crippen molar-refractivity contribution < 1.29 is 31.1 Å². The van der Waals surface area contributed by atoms with Gasteiger partial charge < -0.3 is 14.8 Å². The van der Waals surface area contributed by atoms with Gasteiger partial charge in [0.1, 0.15) is 6.54 Å². The van der Waals surface area contributed by atoms with Gasteiger partial charge in [-0.05, 0) is 80.1 Å². The molecule has 4 aromatic carbocycles. The zero-order valence-electron chi connectivity index (χ0n) is 23.8. The Bertz CT molecular complexity index is 1850. The molecule has 13 heteroatoms. The second-order valence-corrected chi connectivity index (χ2v) is 13.4. The molecule has 4 rings (SSSR count). The van der Waals surface area contributed by atoms with E-state index in [1.54, 1.807) is 49.4 Å². The van der Waals surface area contributed by atoms with Gasteiger partial charge in [0.25, 0.3) is 20.0 Å². The van der Waals surface area contributed by atoms with E-state index in [2.05, 4.69) is 10.0 Å². The summed E-state index contributed by atoms with van der Waals surface area (Å²) in [5.74, 6) is -0.0794. The van der Waals surface area contributed by atoms with Crippen LogP contribution in [-0.4, -0.2) is 43.5 Å². The molecule has 0 atom stereocenters. The Hall–Kier alpha value is -4.26. The summed E-state index contributed by atoms with van der Waals surface area (Å²) in [6.07, 6.45) is 0. The predicted octanol–water partition coefficient (Wildman–Crippen LogP) is 5.61. The molecule has 0 aliphatic heterocycles. The van der Waals surface area contributed by atoms with Gasteiger partial charge in [-0.1, -0.05) is 35.4 Å². The van der Waals surface area contributed by atoms with E-state index in [1.165, 1.54) is 56.7 Å². The zero-order valence-corrected chi connectivity index (χ0v) is 26.2. The summed E-state index contributed by atoms with van der Waals surface area (Å²) >= 11 is 6.10. The lowest BCUT2D eigenvalue weighted by Gasteiger charge is -2.24. The SMILES string of the molecule is COc1ccc(S(=O)(=O)N(CC(=O)Nc2ccc(S(=O)(=O)Nc3cccc(Cl)c3C)cc2)c2ccc(C)cc2)cc1OC.